The summed E-state index contributed by atoms with van der Waals surface area (Å²) in [6.07, 6.45) is 0. The van der Waals surface area contributed by atoms with E-state index < -0.39 is 0 Å². The SMILES string of the molecule is COc1ccc(Cl)cc1CN(C)C(=O)c1ccc(NC(=O)c2ccc(Br)o2)cc1. The number of anilines is 1. The summed E-state index contributed by atoms with van der Waals surface area (Å²) in [5, 5.41) is 3.29. The van der Waals surface area contributed by atoms with Gasteiger partial charge in [0.25, 0.3) is 11.8 Å². The smallest absolute Gasteiger partial charge is 0.291 e. The van der Waals surface area contributed by atoms with Crippen molar-refractivity contribution in [2.75, 3.05) is 19.5 Å². The molecule has 2 amide bonds. The van der Waals surface area contributed by atoms with Crippen molar-refractivity contribution in [3.05, 3.63) is 81.2 Å². The van der Waals surface area contributed by atoms with E-state index in [2.05, 4.69) is 21.2 Å². The number of hydrogen-bond acceptors (Lipinski definition) is 4. The Morgan fingerprint density at radius 2 is 1.86 bits per heavy atom. The van der Waals surface area contributed by atoms with Gasteiger partial charge in [-0.1, -0.05) is 11.6 Å². The summed E-state index contributed by atoms with van der Waals surface area (Å²) < 4.78 is 11.0. The van der Waals surface area contributed by atoms with Crippen LogP contribution in [0.2, 0.25) is 5.02 Å². The molecule has 0 aliphatic heterocycles. The van der Waals surface area contributed by atoms with Crippen molar-refractivity contribution in [2.45, 2.75) is 6.54 Å². The van der Waals surface area contributed by atoms with Gasteiger partial charge in [-0.2, -0.15) is 0 Å². The van der Waals surface area contributed by atoms with Crippen LogP contribution >= 0.6 is 27.5 Å². The van der Waals surface area contributed by atoms with Gasteiger partial charge in [0.2, 0.25) is 0 Å². The Labute approximate surface area is 181 Å². The number of methoxy groups -OCH3 is 1. The van der Waals surface area contributed by atoms with Crippen LogP contribution in [-0.4, -0.2) is 30.9 Å². The molecule has 0 aliphatic carbocycles. The number of rotatable bonds is 6. The average Bonchev–Trinajstić information content (AvgIpc) is 3.15. The average molecular weight is 478 g/mol. The molecule has 1 N–H and O–H groups in total. The lowest BCUT2D eigenvalue weighted by Crippen LogP contribution is -2.26. The van der Waals surface area contributed by atoms with Crippen LogP contribution in [0.1, 0.15) is 26.5 Å². The monoisotopic (exact) mass is 476 g/mol. The van der Waals surface area contributed by atoms with Crippen LogP contribution in [0.5, 0.6) is 5.75 Å². The molecule has 0 unspecified atom stereocenters. The number of halogens is 2. The summed E-state index contributed by atoms with van der Waals surface area (Å²) in [7, 11) is 3.27. The van der Waals surface area contributed by atoms with E-state index >= 15 is 0 Å². The first-order valence-corrected chi connectivity index (χ1v) is 9.79. The Hall–Kier alpha value is -2.77. The second-order valence-corrected chi connectivity index (χ2v) is 7.47. The molecule has 1 aromatic heterocycles. The quantitative estimate of drug-likeness (QED) is 0.528. The molecule has 0 bridgehead atoms. The predicted molar refractivity (Wildman–Crippen MR) is 115 cm³/mol. The standard InChI is InChI=1S/C21H18BrClN2O4/c1-25(12-14-11-15(23)5-8-17(14)28-2)21(27)13-3-6-16(7-4-13)24-20(26)18-9-10-19(22)29-18/h3-11H,12H2,1-2H3,(H,24,26). The number of hydrogen-bond donors (Lipinski definition) is 1. The highest BCUT2D eigenvalue weighted by Gasteiger charge is 2.15. The van der Waals surface area contributed by atoms with Gasteiger partial charge >= 0.3 is 0 Å². The summed E-state index contributed by atoms with van der Waals surface area (Å²) in [5.74, 6) is 0.309. The van der Waals surface area contributed by atoms with Gasteiger partial charge in [-0.15, -0.1) is 0 Å². The number of amides is 2. The highest BCUT2D eigenvalue weighted by molar-refractivity contribution is 9.10. The number of ether oxygens (including phenoxy) is 1. The van der Waals surface area contributed by atoms with E-state index in [0.717, 1.165) is 5.56 Å². The molecule has 0 atom stereocenters. The number of carbonyl (C=O) groups excluding carboxylic acids is 2. The van der Waals surface area contributed by atoms with Crippen LogP contribution in [0, 0.1) is 0 Å². The van der Waals surface area contributed by atoms with Gasteiger partial charge < -0.3 is 19.4 Å². The van der Waals surface area contributed by atoms with Crippen molar-refractivity contribution >= 4 is 45.0 Å². The lowest BCUT2D eigenvalue weighted by molar-refractivity contribution is 0.0784. The first-order valence-electron chi connectivity index (χ1n) is 8.62. The number of nitrogens with one attached hydrogen (secondary N) is 1. The summed E-state index contributed by atoms with van der Waals surface area (Å²) in [6.45, 7) is 0.342. The van der Waals surface area contributed by atoms with E-state index in [0.29, 0.717) is 33.2 Å². The van der Waals surface area contributed by atoms with Gasteiger partial charge in [0.15, 0.2) is 10.4 Å². The van der Waals surface area contributed by atoms with Crippen LogP contribution in [0.15, 0.2) is 63.7 Å². The number of nitrogens with zero attached hydrogens (tertiary/aromatic N) is 1. The van der Waals surface area contributed by atoms with E-state index in [4.69, 9.17) is 20.8 Å². The first-order chi connectivity index (χ1) is 13.9. The normalized spacial score (nSPS) is 10.5. The molecule has 150 valence electrons. The third-order valence-corrected chi connectivity index (χ3v) is 4.84. The molecule has 0 fully saturated rings. The minimum absolute atomic E-state index is 0.167. The zero-order valence-electron chi connectivity index (χ0n) is 15.7. The van der Waals surface area contributed by atoms with Gasteiger partial charge in [-0.25, -0.2) is 0 Å². The molecule has 8 heteroatoms. The maximum atomic E-state index is 12.7. The van der Waals surface area contributed by atoms with Crippen LogP contribution < -0.4 is 10.1 Å². The minimum atomic E-state index is -0.375. The van der Waals surface area contributed by atoms with E-state index in [1.807, 2.05) is 0 Å². The van der Waals surface area contributed by atoms with Crippen LogP contribution in [0.25, 0.3) is 0 Å². The maximum Gasteiger partial charge on any atom is 0.291 e. The van der Waals surface area contributed by atoms with Gasteiger partial charge in [0.1, 0.15) is 5.75 Å². The van der Waals surface area contributed by atoms with Crippen molar-refractivity contribution in [1.82, 2.24) is 4.90 Å². The molecule has 0 saturated heterocycles. The summed E-state index contributed by atoms with van der Waals surface area (Å²) in [4.78, 5) is 26.4. The summed E-state index contributed by atoms with van der Waals surface area (Å²) in [6, 6.07) is 15.1. The largest absolute Gasteiger partial charge is 0.496 e. The first kappa shape index (κ1) is 21.0. The fourth-order valence-electron chi connectivity index (χ4n) is 2.74. The molecule has 0 radical (unpaired) electrons. The molecular formula is C21H18BrClN2O4. The minimum Gasteiger partial charge on any atom is -0.496 e. The predicted octanol–water partition coefficient (Wildman–Crippen LogP) is 5.23. The van der Waals surface area contributed by atoms with E-state index in [1.165, 1.54) is 0 Å². The van der Waals surface area contributed by atoms with Gasteiger partial charge in [0.05, 0.1) is 7.11 Å². The van der Waals surface area contributed by atoms with E-state index in [-0.39, 0.29) is 17.6 Å². The Morgan fingerprint density at radius 3 is 2.48 bits per heavy atom. The highest BCUT2D eigenvalue weighted by Crippen LogP contribution is 2.24. The Balaban J connectivity index is 1.67. The Bertz CT molecular complexity index is 1030. The molecule has 1 heterocycles. The number of furan rings is 1. The lowest BCUT2D eigenvalue weighted by Gasteiger charge is -2.19. The van der Waals surface area contributed by atoms with Gasteiger partial charge in [-0.05, 0) is 70.5 Å². The van der Waals surface area contributed by atoms with Crippen molar-refractivity contribution in [3.63, 3.8) is 0 Å². The zero-order valence-corrected chi connectivity index (χ0v) is 18.1. The fraction of sp³-hybridized carbons (Fsp3) is 0.143. The second-order valence-electron chi connectivity index (χ2n) is 6.25. The molecule has 3 rings (SSSR count). The third-order valence-electron chi connectivity index (χ3n) is 4.18. The topological polar surface area (TPSA) is 71.8 Å². The maximum absolute atomic E-state index is 12.7. The Kier molecular flexibility index (Phi) is 6.61. The van der Waals surface area contributed by atoms with Crippen LogP contribution in [-0.2, 0) is 6.54 Å². The molecule has 0 aliphatic rings. The van der Waals surface area contributed by atoms with E-state index in [1.54, 1.807) is 73.7 Å². The van der Waals surface area contributed by atoms with E-state index in [9.17, 15) is 9.59 Å². The second kappa shape index (κ2) is 9.15. The van der Waals surface area contributed by atoms with Crippen molar-refractivity contribution in [3.8, 4) is 5.75 Å². The molecule has 0 saturated carbocycles. The fourth-order valence-corrected chi connectivity index (χ4v) is 3.24. The summed E-state index contributed by atoms with van der Waals surface area (Å²) >= 11 is 9.21. The third kappa shape index (κ3) is 5.19. The van der Waals surface area contributed by atoms with Crippen molar-refractivity contribution < 1.29 is 18.7 Å². The van der Waals surface area contributed by atoms with Gasteiger partial charge in [0, 0.05) is 35.4 Å². The number of carbonyl (C=O) groups is 2. The molecule has 3 aromatic rings. The molecule has 6 nitrogen and oxygen atoms in total. The molecule has 2 aromatic carbocycles. The molecular weight excluding hydrogens is 460 g/mol. The molecule has 0 spiro atoms. The molecule has 29 heavy (non-hydrogen) atoms. The summed E-state index contributed by atoms with van der Waals surface area (Å²) in [5.41, 5.74) is 1.86. The highest BCUT2D eigenvalue weighted by atomic mass is 79.9. The van der Waals surface area contributed by atoms with Crippen LogP contribution in [0.3, 0.4) is 0 Å². The Morgan fingerprint density at radius 1 is 1.14 bits per heavy atom. The van der Waals surface area contributed by atoms with Crippen molar-refractivity contribution in [2.24, 2.45) is 0 Å². The van der Waals surface area contributed by atoms with Crippen LogP contribution in [0.4, 0.5) is 5.69 Å². The lowest BCUT2D eigenvalue weighted by atomic mass is 10.1. The number of benzene rings is 2. The zero-order chi connectivity index (χ0) is 21.0. The van der Waals surface area contributed by atoms with Crippen molar-refractivity contribution in [1.29, 1.82) is 0 Å². The van der Waals surface area contributed by atoms with Gasteiger partial charge in [-0.3, -0.25) is 9.59 Å².